The van der Waals surface area contributed by atoms with Gasteiger partial charge in [0.05, 0.1) is 6.61 Å². The smallest absolute Gasteiger partial charge is 0.220 e. The summed E-state index contributed by atoms with van der Waals surface area (Å²) in [4.78, 5) is 17.9. The molecular formula is C13H27IN4O2. The lowest BCUT2D eigenvalue weighted by Crippen LogP contribution is -2.46. The van der Waals surface area contributed by atoms with E-state index in [0.29, 0.717) is 18.9 Å². The SMILES string of the molecule is CN=C(NCCOC)N1CCC(CC(=O)NC)CC1.I. The van der Waals surface area contributed by atoms with Gasteiger partial charge < -0.3 is 20.3 Å². The van der Waals surface area contributed by atoms with Gasteiger partial charge in [0.25, 0.3) is 0 Å². The third kappa shape index (κ3) is 6.74. The van der Waals surface area contributed by atoms with Gasteiger partial charge in [-0.25, -0.2) is 0 Å². The summed E-state index contributed by atoms with van der Waals surface area (Å²) in [5, 5.41) is 5.97. The maximum Gasteiger partial charge on any atom is 0.220 e. The summed E-state index contributed by atoms with van der Waals surface area (Å²) < 4.78 is 5.02. The number of aliphatic imine (C=N–C) groups is 1. The van der Waals surface area contributed by atoms with Crippen LogP contribution >= 0.6 is 24.0 Å². The van der Waals surface area contributed by atoms with Gasteiger partial charge in [-0.05, 0) is 18.8 Å². The zero-order valence-corrected chi connectivity index (χ0v) is 15.0. The fourth-order valence-corrected chi connectivity index (χ4v) is 2.31. The molecule has 0 unspecified atom stereocenters. The molecule has 0 radical (unpaired) electrons. The number of nitrogens with one attached hydrogen (secondary N) is 2. The molecule has 0 atom stereocenters. The van der Waals surface area contributed by atoms with E-state index in [9.17, 15) is 4.79 Å². The van der Waals surface area contributed by atoms with Crippen molar-refractivity contribution in [2.45, 2.75) is 19.3 Å². The van der Waals surface area contributed by atoms with Crippen LogP contribution in [0.2, 0.25) is 0 Å². The summed E-state index contributed by atoms with van der Waals surface area (Å²) in [6.45, 7) is 3.34. The lowest BCUT2D eigenvalue weighted by atomic mass is 9.93. The highest BCUT2D eigenvalue weighted by Gasteiger charge is 2.22. The maximum absolute atomic E-state index is 11.4. The topological polar surface area (TPSA) is 66.0 Å². The summed E-state index contributed by atoms with van der Waals surface area (Å²) in [7, 11) is 5.18. The Morgan fingerprint density at radius 1 is 1.40 bits per heavy atom. The van der Waals surface area contributed by atoms with Gasteiger partial charge in [-0.1, -0.05) is 0 Å². The van der Waals surface area contributed by atoms with Crippen LogP contribution in [0.5, 0.6) is 0 Å². The van der Waals surface area contributed by atoms with E-state index in [1.807, 2.05) is 0 Å². The second-order valence-electron chi connectivity index (χ2n) is 4.77. The minimum absolute atomic E-state index is 0. The number of amides is 1. The van der Waals surface area contributed by atoms with Gasteiger partial charge in [0, 0.05) is 47.3 Å². The van der Waals surface area contributed by atoms with E-state index in [-0.39, 0.29) is 29.9 Å². The second-order valence-corrected chi connectivity index (χ2v) is 4.77. The van der Waals surface area contributed by atoms with Crippen LogP contribution in [0.25, 0.3) is 0 Å². The highest BCUT2D eigenvalue weighted by Crippen LogP contribution is 2.20. The number of nitrogens with zero attached hydrogens (tertiary/aromatic N) is 2. The van der Waals surface area contributed by atoms with E-state index >= 15 is 0 Å². The van der Waals surface area contributed by atoms with Gasteiger partial charge in [-0.15, -0.1) is 24.0 Å². The minimum atomic E-state index is 0. The van der Waals surface area contributed by atoms with Gasteiger partial charge in [0.2, 0.25) is 5.91 Å². The van der Waals surface area contributed by atoms with E-state index in [1.165, 1.54) is 0 Å². The number of likely N-dealkylation sites (tertiary alicyclic amines) is 1. The van der Waals surface area contributed by atoms with E-state index in [4.69, 9.17) is 4.74 Å². The van der Waals surface area contributed by atoms with Gasteiger partial charge >= 0.3 is 0 Å². The molecular weight excluding hydrogens is 371 g/mol. The fraction of sp³-hybridized carbons (Fsp3) is 0.846. The van der Waals surface area contributed by atoms with Crippen LogP contribution in [-0.2, 0) is 9.53 Å². The Balaban J connectivity index is 0.00000361. The van der Waals surface area contributed by atoms with Crippen molar-refractivity contribution in [1.82, 2.24) is 15.5 Å². The monoisotopic (exact) mass is 398 g/mol. The second kappa shape index (κ2) is 11.1. The number of ether oxygens (including phenoxy) is 1. The highest BCUT2D eigenvalue weighted by molar-refractivity contribution is 14.0. The molecule has 0 aliphatic carbocycles. The zero-order chi connectivity index (χ0) is 14.1. The Morgan fingerprint density at radius 3 is 2.55 bits per heavy atom. The number of halogens is 1. The fourth-order valence-electron chi connectivity index (χ4n) is 2.31. The molecule has 0 spiro atoms. The largest absolute Gasteiger partial charge is 0.383 e. The lowest BCUT2D eigenvalue weighted by Gasteiger charge is -2.34. The third-order valence-electron chi connectivity index (χ3n) is 3.47. The first-order chi connectivity index (χ1) is 9.21. The molecule has 1 saturated heterocycles. The molecule has 7 heteroatoms. The van der Waals surface area contributed by atoms with Crippen molar-refractivity contribution < 1.29 is 9.53 Å². The summed E-state index contributed by atoms with van der Waals surface area (Å²) in [6, 6.07) is 0. The van der Waals surface area contributed by atoms with E-state index < -0.39 is 0 Å². The summed E-state index contributed by atoms with van der Waals surface area (Å²) in [5.41, 5.74) is 0. The Morgan fingerprint density at radius 2 is 2.05 bits per heavy atom. The van der Waals surface area contributed by atoms with Crippen LogP contribution in [0.4, 0.5) is 0 Å². The molecule has 0 bridgehead atoms. The van der Waals surface area contributed by atoms with Gasteiger partial charge in [-0.2, -0.15) is 0 Å². The standard InChI is InChI=1S/C13H26N4O2.HI/c1-14-12(18)10-11-4-7-17(8-5-11)13(15-2)16-6-9-19-3;/h11H,4-10H2,1-3H3,(H,14,18)(H,15,16);1H. The van der Waals surface area contributed by atoms with Crippen molar-refractivity contribution in [3.8, 4) is 0 Å². The summed E-state index contributed by atoms with van der Waals surface area (Å²) in [6.07, 6.45) is 2.72. The molecule has 2 N–H and O–H groups in total. The van der Waals surface area contributed by atoms with Crippen molar-refractivity contribution in [1.29, 1.82) is 0 Å². The van der Waals surface area contributed by atoms with Crippen molar-refractivity contribution in [2.24, 2.45) is 10.9 Å². The predicted octanol–water partition coefficient (Wildman–Crippen LogP) is 0.674. The van der Waals surface area contributed by atoms with E-state index in [2.05, 4.69) is 20.5 Å². The number of hydrogen-bond donors (Lipinski definition) is 2. The Labute approximate surface area is 138 Å². The van der Waals surface area contributed by atoms with Crippen LogP contribution in [0.3, 0.4) is 0 Å². The number of piperidine rings is 1. The first kappa shape index (κ1) is 19.4. The van der Waals surface area contributed by atoms with Crippen molar-refractivity contribution in [3.63, 3.8) is 0 Å². The number of hydrogen-bond acceptors (Lipinski definition) is 3. The predicted molar refractivity (Wildman–Crippen MR) is 91.6 cm³/mol. The average molecular weight is 398 g/mol. The number of guanidine groups is 1. The first-order valence-electron chi connectivity index (χ1n) is 6.86. The molecule has 0 aromatic carbocycles. The Hall–Kier alpha value is -0.570. The molecule has 6 nitrogen and oxygen atoms in total. The molecule has 118 valence electrons. The van der Waals surface area contributed by atoms with Gasteiger partial charge in [0.15, 0.2) is 5.96 Å². The maximum atomic E-state index is 11.4. The molecule has 0 saturated carbocycles. The Kier molecular flexibility index (Phi) is 10.8. The molecule has 1 fully saturated rings. The highest BCUT2D eigenvalue weighted by atomic mass is 127. The number of carbonyl (C=O) groups excluding carboxylic acids is 1. The van der Waals surface area contributed by atoms with Gasteiger partial charge in [0.1, 0.15) is 0 Å². The van der Waals surface area contributed by atoms with Crippen LogP contribution in [0.15, 0.2) is 4.99 Å². The van der Waals surface area contributed by atoms with Crippen LogP contribution < -0.4 is 10.6 Å². The van der Waals surface area contributed by atoms with E-state index in [1.54, 1.807) is 21.2 Å². The third-order valence-corrected chi connectivity index (χ3v) is 3.47. The molecule has 1 rings (SSSR count). The molecule has 1 amide bonds. The first-order valence-corrected chi connectivity index (χ1v) is 6.86. The van der Waals surface area contributed by atoms with Crippen molar-refractivity contribution in [3.05, 3.63) is 0 Å². The average Bonchev–Trinajstić information content (AvgIpc) is 2.45. The number of carbonyl (C=O) groups is 1. The molecule has 1 aliphatic heterocycles. The van der Waals surface area contributed by atoms with Crippen molar-refractivity contribution in [2.75, 3.05) is 47.4 Å². The quantitative estimate of drug-likeness (QED) is 0.309. The van der Waals surface area contributed by atoms with Crippen LogP contribution in [0.1, 0.15) is 19.3 Å². The summed E-state index contributed by atoms with van der Waals surface area (Å²) in [5.74, 6) is 1.56. The molecule has 20 heavy (non-hydrogen) atoms. The minimum Gasteiger partial charge on any atom is -0.383 e. The van der Waals surface area contributed by atoms with Crippen molar-refractivity contribution >= 4 is 35.8 Å². The summed E-state index contributed by atoms with van der Waals surface area (Å²) >= 11 is 0. The Bertz CT molecular complexity index is 305. The lowest BCUT2D eigenvalue weighted by molar-refractivity contribution is -0.121. The molecule has 0 aromatic rings. The number of methoxy groups -OCH3 is 1. The number of rotatable bonds is 5. The van der Waals surface area contributed by atoms with Gasteiger partial charge in [-0.3, -0.25) is 9.79 Å². The normalized spacial score (nSPS) is 16.6. The van der Waals surface area contributed by atoms with E-state index in [0.717, 1.165) is 38.4 Å². The van der Waals surface area contributed by atoms with Crippen LogP contribution in [-0.4, -0.2) is 64.2 Å². The molecule has 1 aliphatic rings. The van der Waals surface area contributed by atoms with Crippen LogP contribution in [0, 0.1) is 5.92 Å². The molecule has 1 heterocycles. The molecule has 0 aromatic heterocycles. The zero-order valence-electron chi connectivity index (χ0n) is 12.6.